The SMILES string of the molecule is O=C(c1ccc(F)cc1)c1cc(F)c(Br)cc1F. The summed E-state index contributed by atoms with van der Waals surface area (Å²) in [5.74, 6) is -2.77. The van der Waals surface area contributed by atoms with Crippen molar-refractivity contribution in [2.24, 2.45) is 0 Å². The van der Waals surface area contributed by atoms with Gasteiger partial charge >= 0.3 is 0 Å². The van der Waals surface area contributed by atoms with Gasteiger partial charge in [0, 0.05) is 5.56 Å². The Labute approximate surface area is 109 Å². The van der Waals surface area contributed by atoms with Gasteiger partial charge in [0.1, 0.15) is 17.5 Å². The Kier molecular flexibility index (Phi) is 3.52. The van der Waals surface area contributed by atoms with Gasteiger partial charge < -0.3 is 0 Å². The molecule has 92 valence electrons. The zero-order valence-corrected chi connectivity index (χ0v) is 10.5. The third-order valence-electron chi connectivity index (χ3n) is 2.36. The molecule has 0 atom stereocenters. The van der Waals surface area contributed by atoms with Gasteiger partial charge in [-0.25, -0.2) is 13.2 Å². The fraction of sp³-hybridized carbons (Fsp3) is 0. The number of hydrogen-bond acceptors (Lipinski definition) is 1. The summed E-state index contributed by atoms with van der Waals surface area (Å²) in [4.78, 5) is 11.9. The number of carbonyl (C=O) groups is 1. The zero-order valence-electron chi connectivity index (χ0n) is 8.88. The summed E-state index contributed by atoms with van der Waals surface area (Å²) in [6.45, 7) is 0. The predicted octanol–water partition coefficient (Wildman–Crippen LogP) is 4.10. The largest absolute Gasteiger partial charge is 0.288 e. The maximum atomic E-state index is 13.6. The van der Waals surface area contributed by atoms with Gasteiger partial charge in [-0.1, -0.05) is 0 Å². The first-order valence-electron chi connectivity index (χ1n) is 4.94. The average Bonchev–Trinajstić information content (AvgIpc) is 2.34. The molecule has 0 N–H and O–H groups in total. The summed E-state index contributed by atoms with van der Waals surface area (Å²) < 4.78 is 39.5. The van der Waals surface area contributed by atoms with E-state index in [4.69, 9.17) is 0 Å². The van der Waals surface area contributed by atoms with Crippen LogP contribution in [0.4, 0.5) is 13.2 Å². The number of halogens is 4. The quantitative estimate of drug-likeness (QED) is 0.602. The van der Waals surface area contributed by atoms with E-state index >= 15 is 0 Å². The van der Waals surface area contributed by atoms with Gasteiger partial charge in [-0.2, -0.15) is 0 Å². The first kappa shape index (κ1) is 12.8. The highest BCUT2D eigenvalue weighted by atomic mass is 79.9. The smallest absolute Gasteiger partial charge is 0.196 e. The van der Waals surface area contributed by atoms with Gasteiger partial charge in [0.2, 0.25) is 0 Å². The van der Waals surface area contributed by atoms with Gasteiger partial charge in [0.15, 0.2) is 5.78 Å². The molecule has 0 aliphatic rings. The minimum atomic E-state index is -0.836. The fourth-order valence-electron chi connectivity index (χ4n) is 1.45. The Morgan fingerprint density at radius 1 is 0.944 bits per heavy atom. The van der Waals surface area contributed by atoms with E-state index < -0.39 is 23.2 Å². The molecule has 1 nitrogen and oxygen atoms in total. The highest BCUT2D eigenvalue weighted by Crippen LogP contribution is 2.22. The molecule has 5 heteroatoms. The van der Waals surface area contributed by atoms with Crippen molar-refractivity contribution in [3.8, 4) is 0 Å². The molecule has 0 aromatic heterocycles. The second-order valence-electron chi connectivity index (χ2n) is 3.58. The van der Waals surface area contributed by atoms with Crippen molar-refractivity contribution in [2.45, 2.75) is 0 Å². The average molecular weight is 315 g/mol. The summed E-state index contributed by atoms with van der Waals surface area (Å²) >= 11 is 2.82. The van der Waals surface area contributed by atoms with E-state index in [-0.39, 0.29) is 15.6 Å². The van der Waals surface area contributed by atoms with Crippen molar-refractivity contribution in [3.05, 3.63) is 69.4 Å². The first-order chi connectivity index (χ1) is 8.49. The highest BCUT2D eigenvalue weighted by Gasteiger charge is 2.16. The molecule has 0 amide bonds. The number of carbonyl (C=O) groups excluding carboxylic acids is 1. The second kappa shape index (κ2) is 4.94. The van der Waals surface area contributed by atoms with E-state index in [0.717, 1.165) is 24.3 Å². The number of hydrogen-bond donors (Lipinski definition) is 0. The monoisotopic (exact) mass is 314 g/mol. The Morgan fingerprint density at radius 3 is 2.17 bits per heavy atom. The van der Waals surface area contributed by atoms with Crippen LogP contribution in [0, 0.1) is 17.5 Å². The first-order valence-corrected chi connectivity index (χ1v) is 5.73. The van der Waals surface area contributed by atoms with E-state index in [1.165, 1.54) is 12.1 Å². The summed E-state index contributed by atoms with van der Waals surface area (Å²) in [5, 5.41) is 0. The van der Waals surface area contributed by atoms with Gasteiger partial charge in [-0.15, -0.1) is 0 Å². The van der Waals surface area contributed by atoms with E-state index in [2.05, 4.69) is 15.9 Å². The molecule has 0 aliphatic carbocycles. The van der Waals surface area contributed by atoms with Crippen molar-refractivity contribution >= 4 is 21.7 Å². The Hall–Kier alpha value is -1.62. The van der Waals surface area contributed by atoms with Crippen LogP contribution in [0.25, 0.3) is 0 Å². The molecule has 0 saturated carbocycles. The van der Waals surface area contributed by atoms with Crippen LogP contribution in [0.1, 0.15) is 15.9 Å². The molecule has 0 unspecified atom stereocenters. The van der Waals surface area contributed by atoms with Crippen LogP contribution >= 0.6 is 15.9 Å². The third kappa shape index (κ3) is 2.46. The van der Waals surface area contributed by atoms with E-state index in [9.17, 15) is 18.0 Å². The molecular formula is C13H6BrF3O. The minimum absolute atomic E-state index is 0.0596. The molecule has 0 saturated heterocycles. The summed E-state index contributed by atoms with van der Waals surface area (Å²) in [6.07, 6.45) is 0. The van der Waals surface area contributed by atoms with Gasteiger partial charge in [-0.05, 0) is 52.3 Å². The van der Waals surface area contributed by atoms with Crippen molar-refractivity contribution < 1.29 is 18.0 Å². The molecule has 0 bridgehead atoms. The Bertz CT molecular complexity index is 608. The topological polar surface area (TPSA) is 17.1 Å². The molecule has 0 spiro atoms. The van der Waals surface area contributed by atoms with Crippen LogP contribution < -0.4 is 0 Å². The standard InChI is InChI=1S/C13H6BrF3O/c14-10-6-11(16)9(5-12(10)17)13(18)7-1-3-8(15)4-2-7/h1-6H. The van der Waals surface area contributed by atoms with Crippen molar-refractivity contribution in [1.82, 2.24) is 0 Å². The maximum Gasteiger partial charge on any atom is 0.196 e. The van der Waals surface area contributed by atoms with E-state index in [1.807, 2.05) is 0 Å². The van der Waals surface area contributed by atoms with Crippen LogP contribution in [0.3, 0.4) is 0 Å². The minimum Gasteiger partial charge on any atom is -0.288 e. The lowest BCUT2D eigenvalue weighted by molar-refractivity contribution is 0.103. The molecule has 2 aromatic rings. The molecule has 0 aliphatic heterocycles. The number of benzene rings is 2. The molecular weight excluding hydrogens is 309 g/mol. The Morgan fingerprint density at radius 2 is 1.56 bits per heavy atom. The molecule has 0 radical (unpaired) electrons. The zero-order chi connectivity index (χ0) is 13.3. The van der Waals surface area contributed by atoms with Gasteiger partial charge in [-0.3, -0.25) is 4.79 Å². The van der Waals surface area contributed by atoms with E-state index in [1.54, 1.807) is 0 Å². The lowest BCUT2D eigenvalue weighted by Crippen LogP contribution is -2.05. The third-order valence-corrected chi connectivity index (χ3v) is 2.97. The van der Waals surface area contributed by atoms with Crippen LogP contribution in [0.15, 0.2) is 40.9 Å². The van der Waals surface area contributed by atoms with Crippen LogP contribution in [-0.4, -0.2) is 5.78 Å². The van der Waals surface area contributed by atoms with Crippen LogP contribution in [0.2, 0.25) is 0 Å². The molecule has 2 rings (SSSR count). The molecule has 0 fully saturated rings. The number of ketones is 1. The van der Waals surface area contributed by atoms with Crippen molar-refractivity contribution in [2.75, 3.05) is 0 Å². The number of rotatable bonds is 2. The van der Waals surface area contributed by atoms with Crippen LogP contribution in [-0.2, 0) is 0 Å². The fourth-order valence-corrected chi connectivity index (χ4v) is 1.77. The lowest BCUT2D eigenvalue weighted by atomic mass is 10.0. The maximum absolute atomic E-state index is 13.6. The van der Waals surface area contributed by atoms with E-state index in [0.29, 0.717) is 0 Å². The van der Waals surface area contributed by atoms with Gasteiger partial charge in [0.05, 0.1) is 10.0 Å². The predicted molar refractivity (Wildman–Crippen MR) is 63.9 cm³/mol. The summed E-state index contributed by atoms with van der Waals surface area (Å²) in [6, 6.07) is 6.30. The van der Waals surface area contributed by atoms with Crippen molar-refractivity contribution in [1.29, 1.82) is 0 Å². The molecule has 2 aromatic carbocycles. The summed E-state index contributed by atoms with van der Waals surface area (Å²) in [7, 11) is 0. The summed E-state index contributed by atoms with van der Waals surface area (Å²) in [5.41, 5.74) is -0.292. The second-order valence-corrected chi connectivity index (χ2v) is 4.44. The molecule has 0 heterocycles. The van der Waals surface area contributed by atoms with Crippen LogP contribution in [0.5, 0.6) is 0 Å². The highest BCUT2D eigenvalue weighted by molar-refractivity contribution is 9.10. The normalized spacial score (nSPS) is 10.4. The molecule has 18 heavy (non-hydrogen) atoms. The Balaban J connectivity index is 2.46. The van der Waals surface area contributed by atoms with Gasteiger partial charge in [0.25, 0.3) is 0 Å². The lowest BCUT2D eigenvalue weighted by Gasteiger charge is -2.04. The van der Waals surface area contributed by atoms with Crippen molar-refractivity contribution in [3.63, 3.8) is 0 Å².